The molecule has 0 bridgehead atoms. The second kappa shape index (κ2) is 1.94. The molecule has 0 unspecified atom stereocenters. The number of aromatic carboxylic acids is 1. The molecular weight excluding hydrogens is 140 g/mol. The highest BCUT2D eigenvalue weighted by atomic mass is 16.5. The molecule has 1 aromatic rings. The SMILES string of the molecule is O=C(O)c1oc(O)cc1O. The van der Waals surface area contributed by atoms with Crippen LogP contribution in [0, 0.1) is 0 Å². The van der Waals surface area contributed by atoms with Crippen molar-refractivity contribution in [2.24, 2.45) is 0 Å². The molecule has 0 aliphatic rings. The normalized spacial score (nSPS) is 9.60. The molecular formula is C5H4O5. The van der Waals surface area contributed by atoms with E-state index in [9.17, 15) is 4.79 Å². The number of carboxylic acids is 1. The maximum absolute atomic E-state index is 10.1. The van der Waals surface area contributed by atoms with Crippen molar-refractivity contribution >= 4 is 5.97 Å². The van der Waals surface area contributed by atoms with Crippen LogP contribution in [0.2, 0.25) is 0 Å². The number of rotatable bonds is 1. The van der Waals surface area contributed by atoms with Crippen LogP contribution in [0.3, 0.4) is 0 Å². The van der Waals surface area contributed by atoms with Crippen LogP contribution in [0.1, 0.15) is 10.6 Å². The van der Waals surface area contributed by atoms with Gasteiger partial charge in [-0.2, -0.15) is 0 Å². The van der Waals surface area contributed by atoms with Gasteiger partial charge in [-0.05, 0) is 0 Å². The number of aromatic hydroxyl groups is 2. The van der Waals surface area contributed by atoms with Gasteiger partial charge in [0.15, 0.2) is 5.75 Å². The Morgan fingerprint density at radius 3 is 2.30 bits per heavy atom. The molecule has 1 heterocycles. The molecule has 1 rings (SSSR count). The van der Waals surface area contributed by atoms with E-state index in [1.54, 1.807) is 0 Å². The molecule has 0 spiro atoms. The highest BCUT2D eigenvalue weighted by Crippen LogP contribution is 2.25. The fourth-order valence-corrected chi connectivity index (χ4v) is 0.522. The lowest BCUT2D eigenvalue weighted by atomic mass is 10.4. The molecule has 0 saturated heterocycles. The zero-order valence-corrected chi connectivity index (χ0v) is 4.74. The van der Waals surface area contributed by atoms with E-state index >= 15 is 0 Å². The average molecular weight is 144 g/mol. The number of carboxylic acid groups (broad SMARTS) is 1. The Labute approximate surface area is 55.1 Å². The van der Waals surface area contributed by atoms with Gasteiger partial charge in [0.1, 0.15) is 0 Å². The molecule has 0 amide bonds. The van der Waals surface area contributed by atoms with Crippen molar-refractivity contribution in [3.05, 3.63) is 11.8 Å². The predicted octanol–water partition coefficient (Wildman–Crippen LogP) is 0.389. The van der Waals surface area contributed by atoms with Gasteiger partial charge in [-0.1, -0.05) is 0 Å². The fourth-order valence-electron chi connectivity index (χ4n) is 0.522. The first-order valence-electron chi connectivity index (χ1n) is 2.36. The van der Waals surface area contributed by atoms with E-state index in [1.165, 1.54) is 0 Å². The van der Waals surface area contributed by atoms with Crippen molar-refractivity contribution in [1.29, 1.82) is 0 Å². The molecule has 0 aliphatic carbocycles. The van der Waals surface area contributed by atoms with E-state index < -0.39 is 23.4 Å². The van der Waals surface area contributed by atoms with Crippen molar-refractivity contribution in [2.45, 2.75) is 0 Å². The van der Waals surface area contributed by atoms with E-state index in [0.717, 1.165) is 6.07 Å². The van der Waals surface area contributed by atoms with Gasteiger partial charge in [0.2, 0.25) is 0 Å². The highest BCUT2D eigenvalue weighted by molar-refractivity contribution is 5.87. The average Bonchev–Trinajstić information content (AvgIpc) is 2.10. The summed E-state index contributed by atoms with van der Waals surface area (Å²) in [5.41, 5.74) is 0. The molecule has 0 radical (unpaired) electrons. The molecule has 5 nitrogen and oxygen atoms in total. The first kappa shape index (κ1) is 6.47. The minimum Gasteiger partial charge on any atom is -0.504 e. The first-order chi connectivity index (χ1) is 4.61. The van der Waals surface area contributed by atoms with E-state index in [2.05, 4.69) is 4.42 Å². The summed E-state index contributed by atoms with van der Waals surface area (Å²) >= 11 is 0. The van der Waals surface area contributed by atoms with Crippen LogP contribution in [0.25, 0.3) is 0 Å². The third-order valence-electron chi connectivity index (χ3n) is 0.894. The minimum absolute atomic E-state index is 0.579. The zero-order chi connectivity index (χ0) is 7.72. The van der Waals surface area contributed by atoms with Crippen LogP contribution in [-0.4, -0.2) is 21.3 Å². The topological polar surface area (TPSA) is 90.9 Å². The monoisotopic (exact) mass is 144 g/mol. The minimum atomic E-state index is -1.42. The molecule has 10 heavy (non-hydrogen) atoms. The summed E-state index contributed by atoms with van der Waals surface area (Å²) < 4.78 is 4.18. The third kappa shape index (κ3) is 0.883. The third-order valence-corrected chi connectivity index (χ3v) is 0.894. The van der Waals surface area contributed by atoms with Crippen molar-refractivity contribution < 1.29 is 24.5 Å². The zero-order valence-electron chi connectivity index (χ0n) is 4.74. The van der Waals surface area contributed by atoms with E-state index in [1.807, 2.05) is 0 Å². The Balaban J connectivity index is 3.15. The lowest BCUT2D eigenvalue weighted by molar-refractivity contribution is 0.0651. The van der Waals surface area contributed by atoms with E-state index in [-0.39, 0.29) is 0 Å². The number of hydrogen-bond donors (Lipinski definition) is 3. The van der Waals surface area contributed by atoms with Gasteiger partial charge < -0.3 is 19.7 Å². The first-order valence-corrected chi connectivity index (χ1v) is 2.36. The van der Waals surface area contributed by atoms with Crippen LogP contribution in [0.5, 0.6) is 11.7 Å². The van der Waals surface area contributed by atoms with E-state index in [4.69, 9.17) is 15.3 Å². The lowest BCUT2D eigenvalue weighted by Gasteiger charge is -1.84. The molecule has 0 saturated carbocycles. The summed E-state index contributed by atoms with van der Waals surface area (Å²) in [7, 11) is 0. The fraction of sp³-hybridized carbons (Fsp3) is 0. The van der Waals surface area contributed by atoms with Crippen LogP contribution in [0.4, 0.5) is 0 Å². The lowest BCUT2D eigenvalue weighted by Crippen LogP contribution is -1.92. The Bertz CT molecular complexity index is 261. The van der Waals surface area contributed by atoms with Crippen molar-refractivity contribution in [1.82, 2.24) is 0 Å². The summed E-state index contributed by atoms with van der Waals surface area (Å²) in [4.78, 5) is 10.1. The molecule has 0 aromatic carbocycles. The van der Waals surface area contributed by atoms with Crippen LogP contribution < -0.4 is 0 Å². The van der Waals surface area contributed by atoms with Gasteiger partial charge in [-0.25, -0.2) is 4.79 Å². The van der Waals surface area contributed by atoms with Crippen LogP contribution in [-0.2, 0) is 0 Å². The van der Waals surface area contributed by atoms with Crippen molar-refractivity contribution in [2.75, 3.05) is 0 Å². The molecule has 0 atom stereocenters. The second-order valence-corrected chi connectivity index (χ2v) is 1.60. The number of furan rings is 1. The largest absolute Gasteiger partial charge is 0.504 e. The van der Waals surface area contributed by atoms with Crippen LogP contribution >= 0.6 is 0 Å². The number of hydrogen-bond acceptors (Lipinski definition) is 4. The van der Waals surface area contributed by atoms with Crippen molar-refractivity contribution in [3.8, 4) is 11.7 Å². The van der Waals surface area contributed by atoms with Gasteiger partial charge in [0.05, 0.1) is 6.07 Å². The molecule has 3 N–H and O–H groups in total. The summed E-state index contributed by atoms with van der Waals surface area (Å²) in [6, 6.07) is 0.809. The molecule has 0 aliphatic heterocycles. The quantitative estimate of drug-likeness (QED) is 0.530. The molecule has 1 aromatic heterocycles. The van der Waals surface area contributed by atoms with Gasteiger partial charge in [0, 0.05) is 0 Å². The summed E-state index contributed by atoms with van der Waals surface area (Å²) in [5, 5.41) is 25.4. The Hall–Kier alpha value is -1.65. The maximum atomic E-state index is 10.1. The Morgan fingerprint density at radius 2 is 2.10 bits per heavy atom. The van der Waals surface area contributed by atoms with Gasteiger partial charge in [0.25, 0.3) is 11.7 Å². The predicted molar refractivity (Wildman–Crippen MR) is 29.0 cm³/mol. The van der Waals surface area contributed by atoms with Crippen molar-refractivity contribution in [3.63, 3.8) is 0 Å². The summed E-state index contributed by atoms with van der Waals surface area (Å²) in [6.07, 6.45) is 0. The van der Waals surface area contributed by atoms with Gasteiger partial charge in [-0.3, -0.25) is 0 Å². The second-order valence-electron chi connectivity index (χ2n) is 1.60. The van der Waals surface area contributed by atoms with E-state index in [0.29, 0.717) is 0 Å². The molecule has 54 valence electrons. The Morgan fingerprint density at radius 1 is 1.50 bits per heavy atom. The van der Waals surface area contributed by atoms with Gasteiger partial charge in [-0.15, -0.1) is 0 Å². The van der Waals surface area contributed by atoms with Gasteiger partial charge >= 0.3 is 5.97 Å². The number of carbonyl (C=O) groups is 1. The highest BCUT2D eigenvalue weighted by Gasteiger charge is 2.15. The summed E-state index contributed by atoms with van der Waals surface area (Å²) in [5.74, 6) is -3.27. The van der Waals surface area contributed by atoms with Crippen LogP contribution in [0.15, 0.2) is 10.5 Å². The standard InChI is InChI=1S/C5H4O5/c6-2-1-3(7)10-4(2)5(8)9/h1,6-7H,(H,8,9). The molecule has 0 fully saturated rings. The summed E-state index contributed by atoms with van der Waals surface area (Å²) in [6.45, 7) is 0. The molecule has 5 heteroatoms. The smallest absolute Gasteiger partial charge is 0.375 e. The maximum Gasteiger partial charge on any atom is 0.375 e. The Kier molecular flexibility index (Phi) is 1.26.